The van der Waals surface area contributed by atoms with Crippen LogP contribution < -0.4 is 4.74 Å². The number of hydrogen-bond donors (Lipinski definition) is 1. The second-order valence-corrected chi connectivity index (χ2v) is 17.1. The van der Waals surface area contributed by atoms with E-state index in [1.165, 1.54) is 6.08 Å². The van der Waals surface area contributed by atoms with Gasteiger partial charge in [0.05, 0.1) is 18.3 Å². The maximum atomic E-state index is 14.8. The molecule has 1 aliphatic rings. The van der Waals surface area contributed by atoms with Gasteiger partial charge < -0.3 is 19.0 Å². The third-order valence-corrected chi connectivity index (χ3v) is 12.1. The van der Waals surface area contributed by atoms with Crippen molar-refractivity contribution in [1.29, 1.82) is 0 Å². The van der Waals surface area contributed by atoms with Crippen LogP contribution in [0.1, 0.15) is 66.7 Å². The molecular weight excluding hydrogens is 518 g/mol. The van der Waals surface area contributed by atoms with Gasteiger partial charge in [-0.3, -0.25) is 4.79 Å². The predicted molar refractivity (Wildman–Crippen MR) is 155 cm³/mol. The number of aliphatic hydroxyl groups excluding tert-OH is 1. The number of para-hydroxylation sites is 1. The van der Waals surface area contributed by atoms with Gasteiger partial charge in [0.15, 0.2) is 14.9 Å². The molecule has 1 aliphatic carbocycles. The molecule has 1 fully saturated rings. The van der Waals surface area contributed by atoms with Crippen molar-refractivity contribution in [1.82, 2.24) is 0 Å². The first kappa shape index (κ1) is 33.2. The van der Waals surface area contributed by atoms with E-state index in [2.05, 4.69) is 33.9 Å². The molecule has 0 saturated heterocycles. The number of unbranched alkanes of at least 4 members (excludes halogenated alkanes) is 1. The SMILES string of the molecule is CC(C)OC(=O)CCC/C=C/C[C@@H]1[C@@H](/C=C/C(F)(F)COc2ccccc2)[C@H](O[Si](C)(C)C(C)(C)C)C[C@@H]1O. The van der Waals surface area contributed by atoms with Crippen LogP contribution in [0.15, 0.2) is 54.6 Å². The minimum atomic E-state index is -3.17. The first-order chi connectivity index (χ1) is 18.1. The van der Waals surface area contributed by atoms with Crippen LogP contribution in [-0.4, -0.2) is 50.2 Å². The Bertz CT molecular complexity index is 940. The number of hydrogen-bond acceptors (Lipinski definition) is 5. The summed E-state index contributed by atoms with van der Waals surface area (Å²) in [5.41, 5.74) is 0. The molecule has 0 heterocycles. The third kappa shape index (κ3) is 11.2. The number of rotatable bonds is 14. The molecule has 0 unspecified atom stereocenters. The second-order valence-electron chi connectivity index (χ2n) is 12.3. The van der Waals surface area contributed by atoms with E-state index in [1.54, 1.807) is 30.3 Å². The Kier molecular flexibility index (Phi) is 12.4. The summed E-state index contributed by atoms with van der Waals surface area (Å²) >= 11 is 0. The van der Waals surface area contributed by atoms with Crippen LogP contribution in [0.5, 0.6) is 5.75 Å². The summed E-state index contributed by atoms with van der Waals surface area (Å²) in [5.74, 6) is -3.60. The molecule has 1 aromatic rings. The molecule has 8 heteroatoms. The van der Waals surface area contributed by atoms with Gasteiger partial charge in [0.25, 0.3) is 5.92 Å². The number of carbonyl (C=O) groups excluding carboxylic acids is 1. The van der Waals surface area contributed by atoms with Crippen LogP contribution in [0.3, 0.4) is 0 Å². The van der Waals surface area contributed by atoms with Crippen LogP contribution in [0.25, 0.3) is 0 Å². The Balaban J connectivity index is 2.10. The Labute approximate surface area is 234 Å². The van der Waals surface area contributed by atoms with E-state index in [4.69, 9.17) is 13.9 Å². The highest BCUT2D eigenvalue weighted by Crippen LogP contribution is 2.44. The van der Waals surface area contributed by atoms with E-state index in [-0.39, 0.29) is 35.1 Å². The number of alkyl halides is 2. The second kappa shape index (κ2) is 14.6. The monoisotopic (exact) mass is 566 g/mol. The number of halogens is 2. The molecule has 0 radical (unpaired) electrons. The molecular formula is C31H48F2O5Si. The van der Waals surface area contributed by atoms with Crippen molar-refractivity contribution in [3.8, 4) is 5.75 Å². The summed E-state index contributed by atoms with van der Waals surface area (Å²) < 4.78 is 46.7. The molecule has 0 aliphatic heterocycles. The highest BCUT2D eigenvalue weighted by atomic mass is 28.4. The molecule has 39 heavy (non-hydrogen) atoms. The van der Waals surface area contributed by atoms with Gasteiger partial charge in [0.2, 0.25) is 0 Å². The van der Waals surface area contributed by atoms with Crippen molar-refractivity contribution in [2.45, 2.75) is 109 Å². The Hall–Kier alpha value is -2.03. The van der Waals surface area contributed by atoms with Crippen molar-refractivity contribution in [3.63, 3.8) is 0 Å². The molecule has 1 saturated carbocycles. The Morgan fingerprint density at radius 1 is 1.15 bits per heavy atom. The number of allylic oxidation sites excluding steroid dienone is 2. The van der Waals surface area contributed by atoms with Crippen molar-refractivity contribution >= 4 is 14.3 Å². The highest BCUT2D eigenvalue weighted by molar-refractivity contribution is 6.74. The number of ether oxygens (including phenoxy) is 2. The van der Waals surface area contributed by atoms with E-state index >= 15 is 0 Å². The smallest absolute Gasteiger partial charge is 0.306 e. The fraction of sp³-hybridized carbons (Fsp3) is 0.645. The summed E-state index contributed by atoms with van der Waals surface area (Å²) in [6, 6.07) is 8.56. The highest BCUT2D eigenvalue weighted by Gasteiger charge is 2.47. The van der Waals surface area contributed by atoms with Crippen LogP contribution in [-0.2, 0) is 14.0 Å². The van der Waals surface area contributed by atoms with Crippen molar-refractivity contribution in [2.75, 3.05) is 6.61 Å². The Morgan fingerprint density at radius 3 is 2.44 bits per heavy atom. The van der Waals surface area contributed by atoms with Gasteiger partial charge in [-0.2, -0.15) is 8.78 Å². The molecule has 1 aromatic carbocycles. The fourth-order valence-electron chi connectivity index (χ4n) is 4.42. The van der Waals surface area contributed by atoms with Gasteiger partial charge in [0, 0.05) is 12.3 Å². The van der Waals surface area contributed by atoms with E-state index < -0.39 is 27.0 Å². The van der Waals surface area contributed by atoms with Crippen LogP contribution in [0, 0.1) is 11.8 Å². The van der Waals surface area contributed by atoms with Gasteiger partial charge >= 0.3 is 5.97 Å². The zero-order valence-corrected chi connectivity index (χ0v) is 25.7. The summed E-state index contributed by atoms with van der Waals surface area (Å²) in [6.45, 7) is 13.6. The number of esters is 1. The van der Waals surface area contributed by atoms with E-state index in [0.29, 0.717) is 37.9 Å². The van der Waals surface area contributed by atoms with E-state index in [1.807, 2.05) is 26.0 Å². The summed E-state index contributed by atoms with van der Waals surface area (Å²) in [7, 11) is -2.20. The van der Waals surface area contributed by atoms with Crippen molar-refractivity contribution in [2.24, 2.45) is 11.8 Å². The summed E-state index contributed by atoms with van der Waals surface area (Å²) in [5, 5.41) is 10.9. The third-order valence-electron chi connectivity index (χ3n) is 7.57. The Morgan fingerprint density at radius 2 is 1.82 bits per heavy atom. The van der Waals surface area contributed by atoms with Crippen LogP contribution in [0.4, 0.5) is 8.78 Å². The first-order valence-corrected chi connectivity index (χ1v) is 17.0. The lowest BCUT2D eigenvalue weighted by molar-refractivity contribution is -0.147. The lowest BCUT2D eigenvalue weighted by Gasteiger charge is -2.40. The normalized spacial score (nSPS) is 22.7. The fourth-order valence-corrected chi connectivity index (χ4v) is 5.78. The maximum Gasteiger partial charge on any atom is 0.306 e. The van der Waals surface area contributed by atoms with Crippen LogP contribution >= 0.6 is 0 Å². The minimum absolute atomic E-state index is 0.0472. The lowest BCUT2D eigenvalue weighted by atomic mass is 9.89. The van der Waals surface area contributed by atoms with Crippen molar-refractivity contribution in [3.05, 3.63) is 54.6 Å². The molecule has 0 spiro atoms. The zero-order chi connectivity index (χ0) is 29.3. The largest absolute Gasteiger partial charge is 0.487 e. The molecule has 220 valence electrons. The first-order valence-electron chi connectivity index (χ1n) is 14.1. The quantitative estimate of drug-likeness (QED) is 0.108. The van der Waals surface area contributed by atoms with Gasteiger partial charge in [-0.05, 0) is 81.8 Å². The topological polar surface area (TPSA) is 65.0 Å². The molecule has 4 atom stereocenters. The molecule has 2 rings (SSSR count). The van der Waals surface area contributed by atoms with Crippen LogP contribution in [0.2, 0.25) is 18.1 Å². The zero-order valence-electron chi connectivity index (χ0n) is 24.7. The molecule has 0 bridgehead atoms. The molecule has 0 amide bonds. The van der Waals surface area contributed by atoms with E-state index in [0.717, 1.165) is 6.08 Å². The van der Waals surface area contributed by atoms with Crippen molar-refractivity contribution < 1.29 is 32.6 Å². The molecule has 0 aromatic heterocycles. The average molecular weight is 567 g/mol. The standard InChI is InChI=1S/C31H48F2O5Si/c1-23(2)37-29(35)18-14-9-8-13-17-25-26(28(21-27(25)34)38-39(6,7)30(3,4)5)19-20-31(32,33)22-36-24-15-11-10-12-16-24/h8,10-13,15-16,19-20,23,25-28,34H,9,14,17-18,21-22H2,1-7H3/b13-8+,20-19+/t25-,26-,27+,28-/m1/s1. The lowest BCUT2D eigenvalue weighted by Crippen LogP contribution is -2.45. The minimum Gasteiger partial charge on any atom is -0.487 e. The summed E-state index contributed by atoms with van der Waals surface area (Å²) in [6.07, 6.45) is 7.96. The average Bonchev–Trinajstić information content (AvgIpc) is 3.11. The maximum absolute atomic E-state index is 14.8. The number of benzene rings is 1. The molecule has 1 N–H and O–H groups in total. The number of carbonyl (C=O) groups is 1. The van der Waals surface area contributed by atoms with Gasteiger partial charge in [-0.25, -0.2) is 0 Å². The van der Waals surface area contributed by atoms with Gasteiger partial charge in [0.1, 0.15) is 5.75 Å². The van der Waals surface area contributed by atoms with Gasteiger partial charge in [-0.1, -0.05) is 57.2 Å². The number of aliphatic hydroxyl groups is 1. The predicted octanol–water partition coefficient (Wildman–Crippen LogP) is 7.71. The molecule has 5 nitrogen and oxygen atoms in total. The van der Waals surface area contributed by atoms with E-state index in [9.17, 15) is 18.7 Å². The van der Waals surface area contributed by atoms with Gasteiger partial charge in [-0.15, -0.1) is 0 Å². The summed E-state index contributed by atoms with van der Waals surface area (Å²) in [4.78, 5) is 11.7.